The lowest BCUT2D eigenvalue weighted by Gasteiger charge is -2.56. The number of hydrogen-bond donors (Lipinski definition) is 0. The average molecular weight is 487 g/mol. The van der Waals surface area contributed by atoms with Crippen molar-refractivity contribution in [2.24, 2.45) is 5.41 Å². The summed E-state index contributed by atoms with van der Waals surface area (Å²) in [4.78, 5) is 49.5. The van der Waals surface area contributed by atoms with Gasteiger partial charge < -0.3 is 39.6 Å². The molecule has 0 N–H and O–H groups in total. The molecule has 0 fully saturated rings. The molecule has 0 bridgehead atoms. The highest BCUT2D eigenvalue weighted by atomic mass is 32.2. The van der Waals surface area contributed by atoms with Gasteiger partial charge in [0.15, 0.2) is 0 Å². The summed E-state index contributed by atoms with van der Waals surface area (Å²) >= 11 is 0.380. The van der Waals surface area contributed by atoms with Crippen molar-refractivity contribution < 1.29 is 39.6 Å². The number of carboxylic acids is 4. The highest BCUT2D eigenvalue weighted by Gasteiger charge is 2.56. The van der Waals surface area contributed by atoms with E-state index >= 15 is 0 Å². The minimum Gasteiger partial charge on any atom is -0.550 e. The van der Waals surface area contributed by atoms with Crippen molar-refractivity contribution in [1.82, 2.24) is 0 Å². The van der Waals surface area contributed by atoms with Gasteiger partial charge in [0, 0.05) is 23.8 Å². The molecule has 2 atom stereocenters. The van der Waals surface area contributed by atoms with Crippen molar-refractivity contribution in [3.63, 3.8) is 0 Å². The zero-order valence-electron chi connectivity index (χ0n) is 20.4. The van der Waals surface area contributed by atoms with Crippen LogP contribution in [0.15, 0.2) is 0 Å². The Balaban J connectivity index is 7.18. The standard InChI is InChI=1S/C24H42O8S/c1-5-9-13-22(19(27)28,14-10-6-2)24(21(31)32,16-12-8-4)33-23(20(29)30,15-11-7-3)17-18(25)26/h5-17H2,1-4H3,(H,25,26)(H,27,28)(H,29,30)(H,31,32)/p-4. The fourth-order valence-electron chi connectivity index (χ4n) is 4.43. The van der Waals surface area contributed by atoms with E-state index in [1.54, 1.807) is 13.8 Å². The summed E-state index contributed by atoms with van der Waals surface area (Å²) in [5.74, 6) is -6.71. The summed E-state index contributed by atoms with van der Waals surface area (Å²) in [6, 6.07) is 0. The van der Waals surface area contributed by atoms with Gasteiger partial charge >= 0.3 is 0 Å². The van der Waals surface area contributed by atoms with Gasteiger partial charge in [-0.1, -0.05) is 79.1 Å². The van der Waals surface area contributed by atoms with Gasteiger partial charge in [0.2, 0.25) is 0 Å². The van der Waals surface area contributed by atoms with Gasteiger partial charge in [-0.25, -0.2) is 0 Å². The number of rotatable bonds is 20. The smallest absolute Gasteiger partial charge is 0.0671 e. The van der Waals surface area contributed by atoms with Crippen LogP contribution in [-0.4, -0.2) is 33.4 Å². The number of aliphatic carboxylic acids is 4. The molecule has 0 aromatic carbocycles. The Labute approximate surface area is 201 Å². The normalized spacial score (nSPS) is 15.4. The minimum absolute atomic E-state index is 0.0429. The highest BCUT2D eigenvalue weighted by Crippen LogP contribution is 2.57. The maximum Gasteiger partial charge on any atom is 0.0671 e. The number of carboxylic acid groups (broad SMARTS) is 4. The van der Waals surface area contributed by atoms with Crippen LogP contribution in [0.3, 0.4) is 0 Å². The molecule has 2 unspecified atom stereocenters. The summed E-state index contributed by atoms with van der Waals surface area (Å²) in [5.41, 5.74) is -1.93. The van der Waals surface area contributed by atoms with Crippen LogP contribution in [0.5, 0.6) is 0 Å². The van der Waals surface area contributed by atoms with Crippen molar-refractivity contribution in [1.29, 1.82) is 0 Å². The molecule has 9 heteroatoms. The second kappa shape index (κ2) is 14.5. The Morgan fingerprint density at radius 3 is 1.36 bits per heavy atom. The molecular weight excluding hydrogens is 448 g/mol. The van der Waals surface area contributed by atoms with Crippen molar-refractivity contribution in [2.45, 2.75) is 121 Å². The molecule has 0 spiro atoms. The lowest BCUT2D eigenvalue weighted by molar-refractivity contribution is -0.334. The summed E-state index contributed by atoms with van der Waals surface area (Å²) in [7, 11) is 0. The topological polar surface area (TPSA) is 161 Å². The Morgan fingerprint density at radius 2 is 1.03 bits per heavy atom. The molecule has 0 saturated heterocycles. The fourth-order valence-corrected chi connectivity index (χ4v) is 6.43. The Kier molecular flexibility index (Phi) is 13.7. The molecule has 0 aliphatic rings. The van der Waals surface area contributed by atoms with E-state index in [4.69, 9.17) is 0 Å². The summed E-state index contributed by atoms with van der Waals surface area (Å²) < 4.78 is -4.39. The number of thioether (sulfide) groups is 1. The van der Waals surface area contributed by atoms with Crippen LogP contribution >= 0.6 is 11.8 Å². The van der Waals surface area contributed by atoms with E-state index < -0.39 is 45.2 Å². The van der Waals surface area contributed by atoms with E-state index in [9.17, 15) is 39.6 Å². The average Bonchev–Trinajstić information content (AvgIpc) is 2.74. The summed E-state index contributed by atoms with van der Waals surface area (Å²) in [6.45, 7) is 7.25. The fraction of sp³-hybridized carbons (Fsp3) is 0.833. The van der Waals surface area contributed by atoms with Crippen LogP contribution in [-0.2, 0) is 19.2 Å². The predicted octanol–water partition coefficient (Wildman–Crippen LogP) is 0.334. The largest absolute Gasteiger partial charge is 0.550 e. The first-order valence-corrected chi connectivity index (χ1v) is 12.8. The van der Waals surface area contributed by atoms with Gasteiger partial charge in [-0.05, 0) is 25.7 Å². The molecule has 0 rings (SSSR count). The third-order valence-electron chi connectivity index (χ3n) is 6.40. The molecule has 0 saturated carbocycles. The first-order chi connectivity index (χ1) is 15.4. The third kappa shape index (κ3) is 7.62. The van der Waals surface area contributed by atoms with Crippen LogP contribution in [0.1, 0.15) is 111 Å². The van der Waals surface area contributed by atoms with Crippen molar-refractivity contribution in [3.05, 3.63) is 0 Å². The molecule has 33 heavy (non-hydrogen) atoms. The summed E-state index contributed by atoms with van der Waals surface area (Å²) in [6.07, 6.45) is 2.09. The molecule has 0 aromatic heterocycles. The van der Waals surface area contributed by atoms with Gasteiger partial charge in [0.25, 0.3) is 0 Å². The van der Waals surface area contributed by atoms with Crippen molar-refractivity contribution in [3.8, 4) is 0 Å². The molecule has 0 aliphatic heterocycles. The van der Waals surface area contributed by atoms with E-state index in [1.165, 1.54) is 0 Å². The predicted molar refractivity (Wildman–Crippen MR) is 118 cm³/mol. The minimum atomic E-state index is -2.21. The molecule has 0 radical (unpaired) electrons. The second-order valence-electron chi connectivity index (χ2n) is 8.83. The molecule has 0 amide bonds. The number of carbonyl (C=O) groups excluding carboxylic acids is 4. The van der Waals surface area contributed by atoms with Crippen LogP contribution in [0.25, 0.3) is 0 Å². The van der Waals surface area contributed by atoms with Gasteiger partial charge in [0.05, 0.1) is 21.4 Å². The Bertz CT molecular complexity index is 657. The second-order valence-corrected chi connectivity index (χ2v) is 10.5. The molecule has 8 nitrogen and oxygen atoms in total. The van der Waals surface area contributed by atoms with Crippen LogP contribution in [0.4, 0.5) is 0 Å². The maximum atomic E-state index is 12.9. The number of carbonyl (C=O) groups is 4. The van der Waals surface area contributed by atoms with E-state index in [-0.39, 0.29) is 38.5 Å². The van der Waals surface area contributed by atoms with Crippen LogP contribution in [0, 0.1) is 5.41 Å². The SMILES string of the molecule is CCCCC(CC(=O)[O-])(SC(CCCC)(C(=O)[O-])C(CCCC)(CCCC)C(=O)[O-])C(=O)[O-]. The quantitative estimate of drug-likeness (QED) is 0.236. The monoisotopic (exact) mass is 486 g/mol. The molecule has 0 aromatic rings. The van der Waals surface area contributed by atoms with E-state index in [1.807, 2.05) is 13.8 Å². The third-order valence-corrected chi connectivity index (χ3v) is 8.41. The number of hydrogen-bond acceptors (Lipinski definition) is 9. The van der Waals surface area contributed by atoms with E-state index in [0.29, 0.717) is 50.3 Å². The van der Waals surface area contributed by atoms with Gasteiger partial charge in [-0.2, -0.15) is 0 Å². The van der Waals surface area contributed by atoms with Crippen molar-refractivity contribution >= 4 is 35.6 Å². The maximum absolute atomic E-state index is 12.9. The van der Waals surface area contributed by atoms with Crippen LogP contribution in [0.2, 0.25) is 0 Å². The van der Waals surface area contributed by atoms with Gasteiger partial charge in [-0.3, -0.25) is 0 Å². The molecule has 0 aliphatic carbocycles. The van der Waals surface area contributed by atoms with Crippen LogP contribution < -0.4 is 20.4 Å². The Hall–Kier alpha value is -1.77. The van der Waals surface area contributed by atoms with E-state index in [0.717, 1.165) is 0 Å². The lowest BCUT2D eigenvalue weighted by atomic mass is 9.66. The Morgan fingerprint density at radius 1 is 0.606 bits per heavy atom. The van der Waals surface area contributed by atoms with Crippen molar-refractivity contribution in [2.75, 3.05) is 0 Å². The first kappa shape index (κ1) is 31.2. The van der Waals surface area contributed by atoms with Gasteiger partial charge in [0.1, 0.15) is 0 Å². The van der Waals surface area contributed by atoms with E-state index in [2.05, 4.69) is 0 Å². The summed E-state index contributed by atoms with van der Waals surface area (Å²) in [5, 5.41) is 49.5. The highest BCUT2D eigenvalue weighted by molar-refractivity contribution is 8.03. The molecule has 192 valence electrons. The molecule has 0 heterocycles. The molecular formula is C24H38O8S-4. The lowest BCUT2D eigenvalue weighted by Crippen LogP contribution is -2.66. The zero-order chi connectivity index (χ0) is 25.7. The number of unbranched alkanes of at least 4 members (excludes halogenated alkanes) is 4. The zero-order valence-corrected chi connectivity index (χ0v) is 21.2. The first-order valence-electron chi connectivity index (χ1n) is 12.0. The van der Waals surface area contributed by atoms with Gasteiger partial charge in [-0.15, -0.1) is 11.8 Å².